The van der Waals surface area contributed by atoms with Gasteiger partial charge in [0.05, 0.1) is 6.04 Å². The van der Waals surface area contributed by atoms with Crippen molar-refractivity contribution in [2.45, 2.75) is 43.9 Å². The number of nitrogens with one attached hydrogen (secondary N) is 3. The summed E-state index contributed by atoms with van der Waals surface area (Å²) in [6.45, 7) is 1.50. The van der Waals surface area contributed by atoms with Gasteiger partial charge >= 0.3 is 5.97 Å². The Morgan fingerprint density at radius 3 is 1.75 bits per heavy atom. The van der Waals surface area contributed by atoms with Crippen LogP contribution in [0, 0.1) is 0 Å². The summed E-state index contributed by atoms with van der Waals surface area (Å²) in [6, 6.07) is -3.71. The molecule has 4 unspecified atom stereocenters. The topological polar surface area (TPSA) is 151 Å². The molecule has 4 atom stereocenters. The van der Waals surface area contributed by atoms with Gasteiger partial charge in [0, 0.05) is 5.75 Å². The molecule has 0 aliphatic carbocycles. The summed E-state index contributed by atoms with van der Waals surface area (Å²) < 4.78 is 0. The quantitative estimate of drug-likeness (QED) is 0.189. The molecular formula is C16H30N4O5S3. The summed E-state index contributed by atoms with van der Waals surface area (Å²) in [7, 11) is 0. The van der Waals surface area contributed by atoms with Gasteiger partial charge in [-0.05, 0) is 43.8 Å². The fraction of sp³-hybridized carbons (Fsp3) is 0.750. The molecule has 12 heteroatoms. The van der Waals surface area contributed by atoms with Crippen molar-refractivity contribution >= 4 is 59.8 Å². The second-order valence-electron chi connectivity index (χ2n) is 6.06. The molecule has 0 rings (SSSR count). The first-order chi connectivity index (χ1) is 13.2. The van der Waals surface area contributed by atoms with E-state index in [-0.39, 0.29) is 12.2 Å². The van der Waals surface area contributed by atoms with Crippen LogP contribution in [0.5, 0.6) is 0 Å². The number of amides is 3. The van der Waals surface area contributed by atoms with Crippen LogP contribution in [0.2, 0.25) is 0 Å². The van der Waals surface area contributed by atoms with Crippen LogP contribution in [0.25, 0.3) is 0 Å². The highest BCUT2D eigenvalue weighted by molar-refractivity contribution is 7.98. The number of hydrogen-bond donors (Lipinski definition) is 6. The summed E-state index contributed by atoms with van der Waals surface area (Å²) in [5, 5.41) is 16.7. The lowest BCUT2D eigenvalue weighted by Gasteiger charge is -2.24. The van der Waals surface area contributed by atoms with Crippen LogP contribution >= 0.6 is 36.2 Å². The SMILES string of the molecule is CSCCC(NC(=O)C(CS)NC(=O)C(CCSC)NC(=O)C(C)N)C(=O)O. The van der Waals surface area contributed by atoms with E-state index in [1.54, 1.807) is 0 Å². The Labute approximate surface area is 179 Å². The van der Waals surface area contributed by atoms with Crippen LogP contribution in [0.1, 0.15) is 19.8 Å². The van der Waals surface area contributed by atoms with Gasteiger partial charge in [-0.15, -0.1) is 0 Å². The molecule has 0 saturated carbocycles. The Hall–Kier alpha value is -1.11. The van der Waals surface area contributed by atoms with E-state index in [1.165, 1.54) is 30.4 Å². The fourth-order valence-electron chi connectivity index (χ4n) is 2.04. The number of aliphatic carboxylic acids is 1. The largest absolute Gasteiger partial charge is 0.480 e. The van der Waals surface area contributed by atoms with Crippen molar-refractivity contribution in [2.75, 3.05) is 29.8 Å². The molecule has 162 valence electrons. The average molecular weight is 455 g/mol. The van der Waals surface area contributed by atoms with E-state index in [2.05, 4.69) is 28.6 Å². The minimum absolute atomic E-state index is 0.0249. The molecule has 0 heterocycles. The predicted octanol–water partition coefficient (Wildman–Crippen LogP) is -0.691. The van der Waals surface area contributed by atoms with Crippen molar-refractivity contribution in [3.63, 3.8) is 0 Å². The first-order valence-corrected chi connectivity index (χ1v) is 12.1. The number of nitrogens with two attached hydrogens (primary N) is 1. The second kappa shape index (κ2) is 14.8. The summed E-state index contributed by atoms with van der Waals surface area (Å²) in [4.78, 5) is 48.1. The Kier molecular flexibility index (Phi) is 14.2. The second-order valence-corrected chi connectivity index (χ2v) is 8.39. The van der Waals surface area contributed by atoms with Gasteiger partial charge in [0.1, 0.15) is 18.1 Å². The van der Waals surface area contributed by atoms with Gasteiger partial charge in [-0.1, -0.05) is 0 Å². The molecule has 0 aromatic carbocycles. The standard InChI is InChI=1S/C16H30N4O5S3/c1-9(17)13(21)18-10(4-6-27-2)14(22)20-12(8-26)15(23)19-11(16(24)25)5-7-28-3/h9-12,26H,4-8,17H2,1-3H3,(H,18,21)(H,19,23)(H,20,22)(H,24,25). The van der Waals surface area contributed by atoms with Crippen LogP contribution < -0.4 is 21.7 Å². The Morgan fingerprint density at radius 2 is 1.32 bits per heavy atom. The number of thioether (sulfide) groups is 2. The maximum absolute atomic E-state index is 12.6. The summed E-state index contributed by atoms with van der Waals surface area (Å²) in [6.07, 6.45) is 4.32. The zero-order valence-electron chi connectivity index (χ0n) is 16.3. The highest BCUT2D eigenvalue weighted by atomic mass is 32.2. The van der Waals surface area contributed by atoms with Crippen LogP contribution in [0.4, 0.5) is 0 Å². The van der Waals surface area contributed by atoms with Gasteiger partial charge in [-0.2, -0.15) is 36.2 Å². The summed E-state index contributed by atoms with van der Waals surface area (Å²) in [5.74, 6) is -1.65. The number of hydrogen-bond acceptors (Lipinski definition) is 8. The van der Waals surface area contributed by atoms with Gasteiger partial charge in [0.2, 0.25) is 17.7 Å². The Balaban J connectivity index is 5.04. The number of carbonyl (C=O) groups excluding carboxylic acids is 3. The van der Waals surface area contributed by atoms with Gasteiger partial charge in [0.15, 0.2) is 0 Å². The molecule has 0 aliphatic rings. The third kappa shape index (κ3) is 10.4. The smallest absolute Gasteiger partial charge is 0.326 e. The van der Waals surface area contributed by atoms with Crippen molar-refractivity contribution in [2.24, 2.45) is 5.73 Å². The highest BCUT2D eigenvalue weighted by Crippen LogP contribution is 2.04. The average Bonchev–Trinajstić information content (AvgIpc) is 2.65. The van der Waals surface area contributed by atoms with E-state index in [0.717, 1.165) is 0 Å². The first kappa shape index (κ1) is 26.9. The minimum Gasteiger partial charge on any atom is -0.480 e. The third-order valence-corrected chi connectivity index (χ3v) is 5.35. The van der Waals surface area contributed by atoms with Crippen LogP contribution in [0.15, 0.2) is 0 Å². The van der Waals surface area contributed by atoms with Crippen molar-refractivity contribution < 1.29 is 24.3 Å². The maximum Gasteiger partial charge on any atom is 0.326 e. The molecule has 3 amide bonds. The minimum atomic E-state index is -1.14. The first-order valence-electron chi connectivity index (χ1n) is 8.66. The lowest BCUT2D eigenvalue weighted by atomic mass is 10.1. The molecule has 0 aliphatic heterocycles. The van der Waals surface area contributed by atoms with E-state index >= 15 is 0 Å². The molecule has 28 heavy (non-hydrogen) atoms. The fourth-order valence-corrected chi connectivity index (χ4v) is 3.24. The van der Waals surface area contributed by atoms with Gasteiger partial charge < -0.3 is 26.8 Å². The van der Waals surface area contributed by atoms with Crippen LogP contribution in [0.3, 0.4) is 0 Å². The van der Waals surface area contributed by atoms with E-state index in [0.29, 0.717) is 17.9 Å². The molecule has 0 fully saturated rings. The van der Waals surface area contributed by atoms with Crippen molar-refractivity contribution in [3.05, 3.63) is 0 Å². The lowest BCUT2D eigenvalue weighted by Crippen LogP contribution is -2.57. The van der Waals surface area contributed by atoms with Crippen LogP contribution in [-0.2, 0) is 19.2 Å². The van der Waals surface area contributed by atoms with Crippen LogP contribution in [-0.4, -0.2) is 82.7 Å². The normalized spacial score (nSPS) is 15.0. The molecule has 0 radical (unpaired) electrons. The number of carboxylic acids is 1. The van der Waals surface area contributed by atoms with E-state index in [1.807, 2.05) is 12.5 Å². The number of carboxylic acid groups (broad SMARTS) is 1. The third-order valence-electron chi connectivity index (χ3n) is 3.70. The predicted molar refractivity (Wildman–Crippen MR) is 117 cm³/mol. The Morgan fingerprint density at radius 1 is 0.893 bits per heavy atom. The highest BCUT2D eigenvalue weighted by Gasteiger charge is 2.29. The molecule has 0 aromatic heterocycles. The van der Waals surface area contributed by atoms with E-state index in [9.17, 15) is 24.3 Å². The molecule has 6 N–H and O–H groups in total. The molecule has 9 nitrogen and oxygen atoms in total. The molecule has 0 spiro atoms. The maximum atomic E-state index is 12.6. The molecule has 0 saturated heterocycles. The summed E-state index contributed by atoms with van der Waals surface area (Å²) in [5.41, 5.74) is 5.53. The van der Waals surface area contributed by atoms with E-state index < -0.39 is 47.9 Å². The van der Waals surface area contributed by atoms with E-state index in [4.69, 9.17) is 5.73 Å². The molecule has 0 bridgehead atoms. The zero-order chi connectivity index (χ0) is 21.7. The summed E-state index contributed by atoms with van der Waals surface area (Å²) >= 11 is 7.05. The van der Waals surface area contributed by atoms with Crippen molar-refractivity contribution in [1.29, 1.82) is 0 Å². The van der Waals surface area contributed by atoms with Crippen molar-refractivity contribution in [1.82, 2.24) is 16.0 Å². The van der Waals surface area contributed by atoms with Gasteiger partial charge in [0.25, 0.3) is 0 Å². The number of carbonyl (C=O) groups is 4. The molecule has 0 aromatic rings. The van der Waals surface area contributed by atoms with Gasteiger partial charge in [-0.3, -0.25) is 14.4 Å². The number of rotatable bonds is 14. The number of thiol groups is 1. The monoisotopic (exact) mass is 454 g/mol. The van der Waals surface area contributed by atoms with Crippen molar-refractivity contribution in [3.8, 4) is 0 Å². The zero-order valence-corrected chi connectivity index (χ0v) is 18.8. The lowest BCUT2D eigenvalue weighted by molar-refractivity contribution is -0.142. The Bertz CT molecular complexity index is 536. The van der Waals surface area contributed by atoms with Gasteiger partial charge in [-0.25, -0.2) is 4.79 Å². The molecular weight excluding hydrogens is 424 g/mol.